The van der Waals surface area contributed by atoms with Crippen LogP contribution in [0.4, 0.5) is 0 Å². The predicted octanol–water partition coefficient (Wildman–Crippen LogP) is 4.61. The van der Waals surface area contributed by atoms with Crippen molar-refractivity contribution in [1.82, 2.24) is 5.32 Å². The number of fused-ring (bicyclic) bond motifs is 2. The Labute approximate surface area is 152 Å². The maximum absolute atomic E-state index is 12.4. The third-order valence-electron chi connectivity index (χ3n) is 6.13. The third kappa shape index (κ3) is 4.19. The van der Waals surface area contributed by atoms with E-state index in [1.165, 1.54) is 31.2 Å². The highest BCUT2D eigenvalue weighted by atomic mass is 16.5. The van der Waals surface area contributed by atoms with E-state index in [1.54, 1.807) is 0 Å². The monoisotopic (exact) mass is 343 g/mol. The van der Waals surface area contributed by atoms with Gasteiger partial charge >= 0.3 is 0 Å². The van der Waals surface area contributed by atoms with E-state index in [1.807, 2.05) is 12.1 Å². The van der Waals surface area contributed by atoms with Crippen molar-refractivity contribution in [1.29, 1.82) is 0 Å². The minimum Gasteiger partial charge on any atom is -0.483 e. The Morgan fingerprint density at radius 2 is 2.04 bits per heavy atom. The highest BCUT2D eigenvalue weighted by Crippen LogP contribution is 2.49. The number of benzene rings is 1. The number of nitrogens with one attached hydrogen (secondary N) is 1. The first kappa shape index (κ1) is 18.3. The van der Waals surface area contributed by atoms with Crippen LogP contribution in [-0.2, 0) is 10.2 Å². The lowest BCUT2D eigenvalue weighted by Crippen LogP contribution is -2.42. The van der Waals surface area contributed by atoms with Gasteiger partial charge in [0.25, 0.3) is 5.91 Å². The Hall–Kier alpha value is -1.51. The molecule has 0 heterocycles. The van der Waals surface area contributed by atoms with Gasteiger partial charge < -0.3 is 10.1 Å². The minimum atomic E-state index is -0.00575. The van der Waals surface area contributed by atoms with Crippen LogP contribution < -0.4 is 10.1 Å². The van der Waals surface area contributed by atoms with E-state index < -0.39 is 0 Å². The summed E-state index contributed by atoms with van der Waals surface area (Å²) < 4.78 is 5.89. The van der Waals surface area contributed by atoms with Crippen molar-refractivity contribution in [3.8, 4) is 5.75 Å². The fourth-order valence-corrected chi connectivity index (χ4v) is 4.81. The van der Waals surface area contributed by atoms with Crippen LogP contribution >= 0.6 is 0 Å². The Morgan fingerprint density at radius 3 is 2.64 bits per heavy atom. The molecule has 1 aromatic carbocycles. The molecular formula is C22H33NO2. The second-order valence-corrected chi connectivity index (χ2v) is 9.23. The molecule has 138 valence electrons. The molecule has 0 saturated heterocycles. The molecule has 0 radical (unpaired) electrons. The summed E-state index contributed by atoms with van der Waals surface area (Å²) in [6, 6.07) is 6.44. The van der Waals surface area contributed by atoms with Crippen LogP contribution in [0.15, 0.2) is 18.2 Å². The molecule has 0 aliphatic heterocycles. The van der Waals surface area contributed by atoms with Crippen molar-refractivity contribution < 1.29 is 9.53 Å². The molecule has 3 heteroatoms. The summed E-state index contributed by atoms with van der Waals surface area (Å²) in [6.07, 6.45) is 5.41. The molecule has 1 N–H and O–H groups in total. The zero-order chi connectivity index (χ0) is 18.2. The maximum Gasteiger partial charge on any atom is 0.258 e. The molecule has 0 aromatic heterocycles. The van der Waals surface area contributed by atoms with Gasteiger partial charge in [-0.05, 0) is 67.9 Å². The molecule has 4 atom stereocenters. The Morgan fingerprint density at radius 1 is 1.28 bits per heavy atom. The number of amides is 1. The summed E-state index contributed by atoms with van der Waals surface area (Å²) in [4.78, 5) is 12.4. The highest BCUT2D eigenvalue weighted by Gasteiger charge is 2.42. The molecule has 1 amide bonds. The van der Waals surface area contributed by atoms with Crippen LogP contribution in [0.1, 0.15) is 64.5 Å². The summed E-state index contributed by atoms with van der Waals surface area (Å²) >= 11 is 0. The number of carbonyl (C=O) groups is 1. The Kier molecular flexibility index (Phi) is 5.13. The summed E-state index contributed by atoms with van der Waals surface area (Å²) in [5, 5.41) is 3.18. The van der Waals surface area contributed by atoms with Gasteiger partial charge in [0.05, 0.1) is 0 Å². The van der Waals surface area contributed by atoms with E-state index in [0.717, 1.165) is 23.1 Å². The number of hydrogen-bond acceptors (Lipinski definition) is 2. The summed E-state index contributed by atoms with van der Waals surface area (Å²) in [5.41, 5.74) is 2.36. The van der Waals surface area contributed by atoms with Crippen molar-refractivity contribution >= 4 is 5.91 Å². The van der Waals surface area contributed by atoms with E-state index in [9.17, 15) is 4.79 Å². The van der Waals surface area contributed by atoms with Crippen LogP contribution in [0.25, 0.3) is 0 Å². The molecule has 2 bridgehead atoms. The van der Waals surface area contributed by atoms with Crippen molar-refractivity contribution in [2.24, 2.45) is 17.8 Å². The normalized spacial score (nSPS) is 26.5. The lowest BCUT2D eigenvalue weighted by Gasteiger charge is -2.28. The van der Waals surface area contributed by atoms with Gasteiger partial charge in [-0.2, -0.15) is 0 Å². The molecule has 3 nitrogen and oxygen atoms in total. The molecule has 3 rings (SSSR count). The van der Waals surface area contributed by atoms with Crippen LogP contribution in [0.5, 0.6) is 5.75 Å². The Balaban J connectivity index is 1.56. The number of rotatable bonds is 5. The second kappa shape index (κ2) is 7.01. The van der Waals surface area contributed by atoms with Gasteiger partial charge in [0.1, 0.15) is 5.75 Å². The first-order chi connectivity index (χ1) is 11.7. The number of ether oxygens (including phenoxy) is 1. The second-order valence-electron chi connectivity index (χ2n) is 9.23. The number of hydrogen-bond donors (Lipinski definition) is 1. The predicted molar refractivity (Wildman–Crippen MR) is 102 cm³/mol. The van der Waals surface area contributed by atoms with Crippen molar-refractivity contribution in [2.75, 3.05) is 6.61 Å². The molecule has 0 spiro atoms. The number of aryl methyl sites for hydroxylation is 1. The van der Waals surface area contributed by atoms with E-state index in [2.05, 4.69) is 46.0 Å². The number of carbonyl (C=O) groups excluding carboxylic acids is 1. The summed E-state index contributed by atoms with van der Waals surface area (Å²) in [7, 11) is 0. The summed E-state index contributed by atoms with van der Waals surface area (Å²) in [6.45, 7) is 10.9. The van der Waals surface area contributed by atoms with Gasteiger partial charge in [0.15, 0.2) is 6.61 Å². The molecule has 2 aliphatic carbocycles. The van der Waals surface area contributed by atoms with E-state index >= 15 is 0 Å². The van der Waals surface area contributed by atoms with Gasteiger partial charge in [-0.15, -0.1) is 0 Å². The molecular weight excluding hydrogens is 310 g/mol. The lowest BCUT2D eigenvalue weighted by atomic mass is 9.84. The third-order valence-corrected chi connectivity index (χ3v) is 6.13. The van der Waals surface area contributed by atoms with Crippen LogP contribution in [0, 0.1) is 24.7 Å². The van der Waals surface area contributed by atoms with E-state index in [-0.39, 0.29) is 24.0 Å². The standard InChI is InChI=1S/C22H33NO2/c1-14-6-9-20(19(10-14)22(3,4)5)25-13-21(24)23-15(2)18-12-16-7-8-17(18)11-16/h6,9-10,15-18H,7-8,11-13H2,1-5H3,(H,23,24)/t15-,16+,17+,18+/m0/s1. The van der Waals surface area contributed by atoms with E-state index in [0.29, 0.717) is 5.92 Å². The average molecular weight is 344 g/mol. The van der Waals surface area contributed by atoms with Gasteiger partial charge in [-0.3, -0.25) is 4.79 Å². The van der Waals surface area contributed by atoms with Gasteiger partial charge in [-0.25, -0.2) is 0 Å². The molecule has 2 aliphatic rings. The minimum absolute atomic E-state index is 0.00397. The maximum atomic E-state index is 12.4. The van der Waals surface area contributed by atoms with Gasteiger partial charge in [0, 0.05) is 6.04 Å². The van der Waals surface area contributed by atoms with Gasteiger partial charge in [0.2, 0.25) is 0 Å². The summed E-state index contributed by atoms with van der Waals surface area (Å²) in [5.74, 6) is 3.21. The zero-order valence-electron chi connectivity index (χ0n) is 16.4. The van der Waals surface area contributed by atoms with Crippen molar-refractivity contribution in [2.45, 2.75) is 71.8 Å². The fourth-order valence-electron chi connectivity index (χ4n) is 4.81. The SMILES string of the molecule is Cc1ccc(OCC(=O)N[C@@H](C)[C@H]2C[C@@H]3CC[C@@H]2C3)c(C(C)(C)C)c1. The van der Waals surface area contributed by atoms with Crippen LogP contribution in [0.3, 0.4) is 0 Å². The highest BCUT2D eigenvalue weighted by molar-refractivity contribution is 5.77. The smallest absolute Gasteiger partial charge is 0.258 e. The van der Waals surface area contributed by atoms with Gasteiger partial charge in [-0.1, -0.05) is 44.9 Å². The zero-order valence-corrected chi connectivity index (χ0v) is 16.4. The van der Waals surface area contributed by atoms with Crippen LogP contribution in [-0.4, -0.2) is 18.6 Å². The van der Waals surface area contributed by atoms with E-state index in [4.69, 9.17) is 4.74 Å². The molecule has 1 aromatic rings. The quantitative estimate of drug-likeness (QED) is 0.847. The fraction of sp³-hybridized carbons (Fsp3) is 0.682. The average Bonchev–Trinajstić information content (AvgIpc) is 3.15. The van der Waals surface area contributed by atoms with Crippen molar-refractivity contribution in [3.05, 3.63) is 29.3 Å². The largest absolute Gasteiger partial charge is 0.483 e. The first-order valence-corrected chi connectivity index (χ1v) is 9.77. The topological polar surface area (TPSA) is 38.3 Å². The lowest BCUT2D eigenvalue weighted by molar-refractivity contribution is -0.124. The molecule has 0 unspecified atom stereocenters. The molecule has 25 heavy (non-hydrogen) atoms. The molecule has 2 saturated carbocycles. The van der Waals surface area contributed by atoms with Crippen LogP contribution in [0.2, 0.25) is 0 Å². The first-order valence-electron chi connectivity index (χ1n) is 9.77. The Bertz CT molecular complexity index is 631. The van der Waals surface area contributed by atoms with Crippen molar-refractivity contribution in [3.63, 3.8) is 0 Å². The molecule has 2 fully saturated rings.